The molecule has 1 N–H and O–H groups in total. The second-order valence-corrected chi connectivity index (χ2v) is 9.93. The van der Waals surface area contributed by atoms with Gasteiger partial charge in [0.05, 0.1) is 53.0 Å². The molecular weight excluding hydrogens is 524 g/mol. The third-order valence-corrected chi connectivity index (χ3v) is 7.71. The molecule has 2 aliphatic rings. The van der Waals surface area contributed by atoms with E-state index < -0.39 is 6.04 Å². The van der Waals surface area contributed by atoms with E-state index in [4.69, 9.17) is 23.7 Å². The first-order valence-electron chi connectivity index (χ1n) is 13.3. The zero-order chi connectivity index (χ0) is 29.3. The van der Waals surface area contributed by atoms with Gasteiger partial charge in [-0.3, -0.25) is 14.5 Å². The van der Waals surface area contributed by atoms with Gasteiger partial charge in [0.1, 0.15) is 0 Å². The quantitative estimate of drug-likeness (QED) is 0.398. The van der Waals surface area contributed by atoms with Crippen molar-refractivity contribution in [2.75, 3.05) is 45.8 Å². The number of ether oxygens (including phenoxy) is 5. The highest BCUT2D eigenvalue weighted by molar-refractivity contribution is 6.06. The van der Waals surface area contributed by atoms with Crippen LogP contribution in [0.2, 0.25) is 0 Å². The number of fused-ring (bicyclic) bond motifs is 1. The Balaban J connectivity index is 1.71. The molecule has 2 atom stereocenters. The van der Waals surface area contributed by atoms with E-state index in [0.29, 0.717) is 52.0 Å². The van der Waals surface area contributed by atoms with Crippen LogP contribution in [0.4, 0.5) is 11.4 Å². The second-order valence-electron chi connectivity index (χ2n) is 9.93. The van der Waals surface area contributed by atoms with Crippen molar-refractivity contribution in [3.05, 3.63) is 77.0 Å². The van der Waals surface area contributed by atoms with Crippen LogP contribution < -0.4 is 33.9 Å². The number of carbonyl (C=O) groups excluding carboxylic acids is 2. The smallest absolute Gasteiger partial charge is 0.224 e. The largest absolute Gasteiger partial charge is 0.493 e. The lowest BCUT2D eigenvalue weighted by molar-refractivity contribution is -0.117. The summed E-state index contributed by atoms with van der Waals surface area (Å²) < 4.78 is 27.8. The lowest BCUT2D eigenvalue weighted by Crippen LogP contribution is -2.37. The molecule has 214 valence electrons. The lowest BCUT2D eigenvalue weighted by atomic mass is 9.78. The molecule has 1 aliphatic heterocycles. The van der Waals surface area contributed by atoms with Crippen LogP contribution >= 0.6 is 0 Å². The van der Waals surface area contributed by atoms with Gasteiger partial charge in [-0.05, 0) is 59.9 Å². The maximum absolute atomic E-state index is 14.2. The van der Waals surface area contributed by atoms with E-state index in [-0.39, 0.29) is 24.0 Å². The van der Waals surface area contributed by atoms with Crippen LogP contribution in [-0.4, -0.2) is 47.2 Å². The average Bonchev–Trinajstić information content (AvgIpc) is 3.14. The topological polar surface area (TPSA) is 95.6 Å². The van der Waals surface area contributed by atoms with E-state index in [1.54, 1.807) is 31.3 Å². The number of rotatable bonds is 7. The first kappa shape index (κ1) is 27.9. The van der Waals surface area contributed by atoms with Gasteiger partial charge in [-0.2, -0.15) is 0 Å². The number of hydrogen-bond acceptors (Lipinski definition) is 8. The fraction of sp³-hybridized carbons (Fsp3) is 0.312. The van der Waals surface area contributed by atoms with Crippen LogP contribution in [0.25, 0.3) is 0 Å². The predicted octanol–water partition coefficient (Wildman–Crippen LogP) is 5.65. The zero-order valence-electron chi connectivity index (χ0n) is 24.1. The highest BCUT2D eigenvalue weighted by atomic mass is 16.5. The summed E-state index contributed by atoms with van der Waals surface area (Å²) >= 11 is 0. The Morgan fingerprint density at radius 1 is 0.780 bits per heavy atom. The van der Waals surface area contributed by atoms with Crippen molar-refractivity contribution >= 4 is 23.1 Å². The van der Waals surface area contributed by atoms with Gasteiger partial charge < -0.3 is 29.0 Å². The summed E-state index contributed by atoms with van der Waals surface area (Å²) in [5, 5.41) is 3.53. The number of benzene rings is 3. The van der Waals surface area contributed by atoms with Crippen molar-refractivity contribution in [2.24, 2.45) is 0 Å². The van der Waals surface area contributed by atoms with Crippen molar-refractivity contribution in [3.8, 4) is 28.7 Å². The average molecular weight is 559 g/mol. The van der Waals surface area contributed by atoms with E-state index in [0.717, 1.165) is 16.9 Å². The first-order valence-corrected chi connectivity index (χ1v) is 13.3. The van der Waals surface area contributed by atoms with Gasteiger partial charge in [0, 0.05) is 24.6 Å². The van der Waals surface area contributed by atoms with Crippen LogP contribution in [0.15, 0.2) is 65.9 Å². The highest BCUT2D eigenvalue weighted by Crippen LogP contribution is 2.50. The standard InChI is InChI=1S/C32H34N2O7/c1-18(35)34-24-10-8-7-9-22(24)33-23-13-20(19-11-12-26(37-2)27(15-19)38-3)14-25(36)30(23)31(34)21-16-28(39-4)32(41-6)29(17-21)40-5/h7-12,15-17,20,31,33H,13-14H2,1-6H3/t20-,31+/m0/s1. The fourth-order valence-electron chi connectivity index (χ4n) is 5.86. The Bertz CT molecular complexity index is 1510. The minimum absolute atomic E-state index is 0.0589. The van der Waals surface area contributed by atoms with Gasteiger partial charge in [-0.15, -0.1) is 0 Å². The van der Waals surface area contributed by atoms with Crippen molar-refractivity contribution in [2.45, 2.75) is 31.7 Å². The number of anilines is 2. The van der Waals surface area contributed by atoms with Gasteiger partial charge in [0.15, 0.2) is 28.8 Å². The SMILES string of the molecule is COc1ccc([C@@H]2CC(=O)C3=C(C2)Nc2ccccc2N(C(C)=O)[C@@H]3c2cc(OC)c(OC)c(OC)c2)cc1OC. The van der Waals surface area contributed by atoms with Crippen molar-refractivity contribution in [3.63, 3.8) is 0 Å². The van der Waals surface area contributed by atoms with Crippen LogP contribution in [0, 0.1) is 0 Å². The maximum Gasteiger partial charge on any atom is 0.224 e. The predicted molar refractivity (Wildman–Crippen MR) is 156 cm³/mol. The minimum atomic E-state index is -0.730. The Morgan fingerprint density at radius 3 is 2.02 bits per heavy atom. The Morgan fingerprint density at radius 2 is 1.41 bits per heavy atom. The molecular formula is C32H34N2O7. The molecule has 5 rings (SSSR count). The van der Waals surface area contributed by atoms with Crippen molar-refractivity contribution < 1.29 is 33.3 Å². The lowest BCUT2D eigenvalue weighted by Gasteiger charge is -2.35. The summed E-state index contributed by atoms with van der Waals surface area (Å²) in [5.74, 6) is 2.16. The molecule has 0 saturated carbocycles. The normalized spacial score (nSPS) is 18.0. The molecule has 3 aromatic rings. The van der Waals surface area contributed by atoms with Gasteiger partial charge in [-0.1, -0.05) is 18.2 Å². The number of methoxy groups -OCH3 is 5. The summed E-state index contributed by atoms with van der Waals surface area (Å²) in [6.45, 7) is 1.51. The maximum atomic E-state index is 14.2. The molecule has 9 nitrogen and oxygen atoms in total. The molecule has 3 aromatic carbocycles. The number of para-hydroxylation sites is 2. The van der Waals surface area contributed by atoms with Crippen LogP contribution in [0.1, 0.15) is 42.9 Å². The number of carbonyl (C=O) groups is 2. The number of hydrogen-bond donors (Lipinski definition) is 1. The van der Waals surface area contributed by atoms with Gasteiger partial charge in [0.2, 0.25) is 11.7 Å². The second kappa shape index (κ2) is 11.4. The van der Waals surface area contributed by atoms with E-state index in [2.05, 4.69) is 5.32 Å². The number of nitrogens with zero attached hydrogens (tertiary/aromatic N) is 1. The summed E-state index contributed by atoms with van der Waals surface area (Å²) in [5.41, 5.74) is 4.33. The van der Waals surface area contributed by atoms with Crippen molar-refractivity contribution in [1.29, 1.82) is 0 Å². The van der Waals surface area contributed by atoms with Crippen LogP contribution in [0.3, 0.4) is 0 Å². The number of ketones is 1. The molecule has 41 heavy (non-hydrogen) atoms. The summed E-state index contributed by atoms with van der Waals surface area (Å²) in [6.07, 6.45) is 0.816. The molecule has 0 spiro atoms. The van der Waals surface area contributed by atoms with E-state index in [1.807, 2.05) is 42.5 Å². The van der Waals surface area contributed by atoms with E-state index in [9.17, 15) is 9.59 Å². The first-order chi connectivity index (χ1) is 19.8. The minimum Gasteiger partial charge on any atom is -0.493 e. The Hall–Kier alpha value is -4.66. The number of allylic oxidation sites excluding steroid dienone is 1. The van der Waals surface area contributed by atoms with Crippen LogP contribution in [0.5, 0.6) is 28.7 Å². The molecule has 1 aliphatic carbocycles. The van der Waals surface area contributed by atoms with Crippen molar-refractivity contribution in [1.82, 2.24) is 0 Å². The fourth-order valence-corrected chi connectivity index (χ4v) is 5.86. The zero-order valence-corrected chi connectivity index (χ0v) is 24.1. The van der Waals surface area contributed by atoms with Gasteiger partial charge in [-0.25, -0.2) is 0 Å². The Kier molecular flexibility index (Phi) is 7.79. The Labute approximate surface area is 239 Å². The highest BCUT2D eigenvalue weighted by Gasteiger charge is 2.41. The third kappa shape index (κ3) is 4.92. The molecule has 1 amide bonds. The monoisotopic (exact) mass is 558 g/mol. The van der Waals surface area contributed by atoms with Gasteiger partial charge >= 0.3 is 0 Å². The molecule has 0 unspecified atom stereocenters. The molecule has 9 heteroatoms. The molecule has 0 aromatic heterocycles. The van der Waals surface area contributed by atoms with Crippen LogP contribution in [-0.2, 0) is 9.59 Å². The molecule has 0 radical (unpaired) electrons. The molecule has 0 bridgehead atoms. The van der Waals surface area contributed by atoms with Gasteiger partial charge in [0.25, 0.3) is 0 Å². The summed E-state index contributed by atoms with van der Waals surface area (Å²) in [7, 11) is 7.80. The molecule has 0 fully saturated rings. The number of nitrogens with one attached hydrogen (secondary N) is 1. The van der Waals surface area contributed by atoms with E-state index >= 15 is 0 Å². The molecule has 0 saturated heterocycles. The molecule has 1 heterocycles. The summed E-state index contributed by atoms with van der Waals surface area (Å²) in [4.78, 5) is 29.2. The van der Waals surface area contributed by atoms with E-state index in [1.165, 1.54) is 28.3 Å². The number of Topliss-reactive ketones (excluding diaryl/α,β-unsaturated/α-hetero) is 1. The summed E-state index contributed by atoms with van der Waals surface area (Å²) in [6, 6.07) is 16.2. The number of amides is 1. The third-order valence-electron chi connectivity index (χ3n) is 7.71.